The van der Waals surface area contributed by atoms with Crippen molar-refractivity contribution >= 4 is 11.9 Å². The lowest BCUT2D eigenvalue weighted by atomic mass is 10.1. The van der Waals surface area contributed by atoms with Crippen LogP contribution in [0.15, 0.2) is 24.3 Å². The summed E-state index contributed by atoms with van der Waals surface area (Å²) in [5, 5.41) is 11.5. The van der Waals surface area contributed by atoms with Gasteiger partial charge in [0.15, 0.2) is 11.5 Å². The van der Waals surface area contributed by atoms with Gasteiger partial charge in [-0.3, -0.25) is 9.59 Å². The smallest absolute Gasteiger partial charge is 0.316 e. The number of nitrogens with one attached hydrogen (secondary N) is 1. The minimum Gasteiger partial charge on any atom is -0.493 e. The van der Waals surface area contributed by atoms with Crippen molar-refractivity contribution in [3.8, 4) is 11.5 Å². The first-order valence-corrected chi connectivity index (χ1v) is 6.79. The Kier molecular flexibility index (Phi) is 6.52. The second-order valence-corrected chi connectivity index (χ2v) is 4.62. The number of methoxy groups -OCH3 is 1. The lowest BCUT2D eigenvalue weighted by Crippen LogP contribution is -2.39. The summed E-state index contributed by atoms with van der Waals surface area (Å²) in [7, 11) is 1.55. The predicted octanol–water partition coefficient (Wildman–Crippen LogP) is 1.69. The van der Waals surface area contributed by atoms with E-state index in [4.69, 9.17) is 14.6 Å². The third-order valence-electron chi connectivity index (χ3n) is 2.98. The molecule has 0 spiro atoms. The normalized spacial score (nSPS) is 13.1. The van der Waals surface area contributed by atoms with Crippen LogP contribution in [0.5, 0.6) is 11.5 Å². The van der Waals surface area contributed by atoms with E-state index >= 15 is 0 Å². The Balaban J connectivity index is 2.52. The highest BCUT2D eigenvalue weighted by Gasteiger charge is 2.24. The summed E-state index contributed by atoms with van der Waals surface area (Å²) in [6.45, 7) is 3.67. The fourth-order valence-corrected chi connectivity index (χ4v) is 1.81. The number of amides is 1. The standard InChI is InChI=1S/C15H21NO5/c1-4-11(15(18)19)14(17)16-9-10(2)21-13-8-6-5-7-12(13)20-3/h5-8,10-11H,4,9H2,1-3H3,(H,16,17)(H,18,19). The molecule has 2 atom stereocenters. The summed E-state index contributed by atoms with van der Waals surface area (Å²) in [5.41, 5.74) is 0. The number of hydrogen-bond donors (Lipinski definition) is 2. The molecule has 0 bridgehead atoms. The van der Waals surface area contributed by atoms with Gasteiger partial charge in [-0.15, -0.1) is 0 Å². The highest BCUT2D eigenvalue weighted by atomic mass is 16.5. The fourth-order valence-electron chi connectivity index (χ4n) is 1.81. The summed E-state index contributed by atoms with van der Waals surface area (Å²) in [6, 6.07) is 7.19. The maximum atomic E-state index is 11.7. The molecular formula is C15H21NO5. The molecule has 21 heavy (non-hydrogen) atoms. The largest absolute Gasteiger partial charge is 0.493 e. The molecule has 1 aromatic carbocycles. The van der Waals surface area contributed by atoms with Crippen molar-refractivity contribution in [2.24, 2.45) is 5.92 Å². The number of para-hydroxylation sites is 2. The SMILES string of the molecule is CCC(C(=O)O)C(=O)NCC(C)Oc1ccccc1OC. The van der Waals surface area contributed by atoms with Crippen LogP contribution in [0, 0.1) is 5.92 Å². The number of benzene rings is 1. The first kappa shape index (κ1) is 16.8. The number of carboxylic acids is 1. The molecule has 0 aliphatic carbocycles. The average Bonchev–Trinajstić information content (AvgIpc) is 2.46. The number of hydrogen-bond acceptors (Lipinski definition) is 4. The molecule has 116 valence electrons. The van der Waals surface area contributed by atoms with Gasteiger partial charge in [0.1, 0.15) is 12.0 Å². The van der Waals surface area contributed by atoms with Crippen molar-refractivity contribution in [3.05, 3.63) is 24.3 Å². The summed E-state index contributed by atoms with van der Waals surface area (Å²) in [5.74, 6) is -1.46. The second kappa shape index (κ2) is 8.14. The third-order valence-corrected chi connectivity index (χ3v) is 2.98. The third kappa shape index (κ3) is 4.98. The molecule has 1 rings (SSSR count). The topological polar surface area (TPSA) is 84.9 Å². The number of carbonyl (C=O) groups excluding carboxylic acids is 1. The number of aliphatic carboxylic acids is 1. The van der Waals surface area contributed by atoms with Gasteiger partial charge in [-0.05, 0) is 25.5 Å². The molecule has 1 amide bonds. The molecule has 0 aliphatic rings. The van der Waals surface area contributed by atoms with Gasteiger partial charge < -0.3 is 19.9 Å². The molecule has 0 heterocycles. The molecule has 0 aromatic heterocycles. The van der Waals surface area contributed by atoms with Gasteiger partial charge in [0, 0.05) is 0 Å². The summed E-state index contributed by atoms with van der Waals surface area (Å²) >= 11 is 0. The van der Waals surface area contributed by atoms with Crippen LogP contribution in [-0.4, -0.2) is 36.7 Å². The van der Waals surface area contributed by atoms with Gasteiger partial charge >= 0.3 is 5.97 Å². The number of rotatable bonds is 8. The van der Waals surface area contributed by atoms with Gasteiger partial charge in [-0.25, -0.2) is 0 Å². The van der Waals surface area contributed by atoms with Crippen LogP contribution < -0.4 is 14.8 Å². The highest BCUT2D eigenvalue weighted by molar-refractivity contribution is 5.96. The van der Waals surface area contributed by atoms with Gasteiger partial charge in [-0.2, -0.15) is 0 Å². The van der Waals surface area contributed by atoms with Gasteiger partial charge in [-0.1, -0.05) is 19.1 Å². The van der Waals surface area contributed by atoms with Crippen molar-refractivity contribution in [2.75, 3.05) is 13.7 Å². The maximum absolute atomic E-state index is 11.7. The molecule has 6 heteroatoms. The molecule has 1 aromatic rings. The molecule has 0 aliphatic heterocycles. The zero-order valence-electron chi connectivity index (χ0n) is 12.5. The average molecular weight is 295 g/mol. The lowest BCUT2D eigenvalue weighted by molar-refractivity contribution is -0.147. The molecular weight excluding hydrogens is 274 g/mol. The van der Waals surface area contributed by atoms with E-state index < -0.39 is 17.8 Å². The van der Waals surface area contributed by atoms with E-state index in [-0.39, 0.29) is 19.1 Å². The Morgan fingerprint density at radius 3 is 2.43 bits per heavy atom. The van der Waals surface area contributed by atoms with Crippen LogP contribution in [0.1, 0.15) is 20.3 Å². The zero-order chi connectivity index (χ0) is 15.8. The van der Waals surface area contributed by atoms with E-state index in [0.29, 0.717) is 11.5 Å². The molecule has 0 radical (unpaired) electrons. The fraction of sp³-hybridized carbons (Fsp3) is 0.467. The van der Waals surface area contributed by atoms with Crippen LogP contribution in [0.25, 0.3) is 0 Å². The zero-order valence-corrected chi connectivity index (χ0v) is 12.5. The first-order valence-electron chi connectivity index (χ1n) is 6.79. The van der Waals surface area contributed by atoms with Crippen molar-refractivity contribution < 1.29 is 24.2 Å². The van der Waals surface area contributed by atoms with Crippen molar-refractivity contribution in [3.63, 3.8) is 0 Å². The van der Waals surface area contributed by atoms with E-state index in [1.165, 1.54) is 0 Å². The van der Waals surface area contributed by atoms with Crippen LogP contribution in [-0.2, 0) is 9.59 Å². The minimum absolute atomic E-state index is 0.223. The van der Waals surface area contributed by atoms with Crippen LogP contribution >= 0.6 is 0 Å². The Bertz CT molecular complexity index is 489. The Morgan fingerprint density at radius 1 is 1.29 bits per heavy atom. The van der Waals surface area contributed by atoms with Gasteiger partial charge in [0.2, 0.25) is 5.91 Å². The van der Waals surface area contributed by atoms with Crippen molar-refractivity contribution in [2.45, 2.75) is 26.4 Å². The maximum Gasteiger partial charge on any atom is 0.316 e. The molecule has 2 unspecified atom stereocenters. The van der Waals surface area contributed by atoms with Crippen molar-refractivity contribution in [1.82, 2.24) is 5.32 Å². The van der Waals surface area contributed by atoms with Crippen LogP contribution in [0.3, 0.4) is 0 Å². The number of carbonyl (C=O) groups is 2. The molecule has 0 fully saturated rings. The molecule has 0 saturated carbocycles. The van der Waals surface area contributed by atoms with E-state index in [1.54, 1.807) is 33.1 Å². The number of carboxylic acid groups (broad SMARTS) is 1. The van der Waals surface area contributed by atoms with Crippen LogP contribution in [0.4, 0.5) is 0 Å². The Morgan fingerprint density at radius 2 is 1.90 bits per heavy atom. The van der Waals surface area contributed by atoms with E-state index in [0.717, 1.165) is 0 Å². The molecule has 0 saturated heterocycles. The summed E-state index contributed by atoms with van der Waals surface area (Å²) < 4.78 is 10.8. The molecule has 2 N–H and O–H groups in total. The Labute approximate surface area is 124 Å². The number of ether oxygens (including phenoxy) is 2. The second-order valence-electron chi connectivity index (χ2n) is 4.62. The van der Waals surface area contributed by atoms with E-state index in [1.807, 2.05) is 12.1 Å². The molecule has 6 nitrogen and oxygen atoms in total. The van der Waals surface area contributed by atoms with Crippen LogP contribution in [0.2, 0.25) is 0 Å². The lowest BCUT2D eigenvalue weighted by Gasteiger charge is -2.18. The summed E-state index contributed by atoms with van der Waals surface area (Å²) in [4.78, 5) is 22.6. The van der Waals surface area contributed by atoms with Gasteiger partial charge in [0.25, 0.3) is 0 Å². The minimum atomic E-state index is -1.12. The highest BCUT2D eigenvalue weighted by Crippen LogP contribution is 2.26. The van der Waals surface area contributed by atoms with Gasteiger partial charge in [0.05, 0.1) is 13.7 Å². The predicted molar refractivity (Wildman–Crippen MR) is 77.5 cm³/mol. The first-order chi connectivity index (χ1) is 9.99. The quantitative estimate of drug-likeness (QED) is 0.713. The van der Waals surface area contributed by atoms with Crippen molar-refractivity contribution in [1.29, 1.82) is 0 Å². The summed E-state index contributed by atoms with van der Waals surface area (Å²) in [6.07, 6.45) is -0.0559. The van der Waals surface area contributed by atoms with E-state index in [9.17, 15) is 9.59 Å². The monoisotopic (exact) mass is 295 g/mol. The van der Waals surface area contributed by atoms with E-state index in [2.05, 4.69) is 5.32 Å². The Hall–Kier alpha value is -2.24.